The standard InChI is InChI=1S/C11H13FN2O5/c1-18-10-6-8(13-4-3-11(15)19-2)7(12)5-9(10)14(16)17/h5-6,13H,3-4H2,1-2H3. The molecule has 0 fully saturated rings. The van der Waals surface area contributed by atoms with Crippen LogP contribution in [0.25, 0.3) is 0 Å². The quantitative estimate of drug-likeness (QED) is 0.481. The number of halogens is 1. The number of benzene rings is 1. The van der Waals surface area contributed by atoms with Gasteiger partial charge in [0.1, 0.15) is 0 Å². The highest BCUT2D eigenvalue weighted by atomic mass is 19.1. The largest absolute Gasteiger partial charge is 0.490 e. The molecule has 1 rings (SSSR count). The van der Waals surface area contributed by atoms with Crippen molar-refractivity contribution in [2.75, 3.05) is 26.1 Å². The van der Waals surface area contributed by atoms with Crippen LogP contribution in [-0.4, -0.2) is 31.7 Å². The third-order valence-electron chi connectivity index (χ3n) is 2.34. The highest BCUT2D eigenvalue weighted by Gasteiger charge is 2.19. The number of nitro benzene ring substituents is 1. The molecule has 1 N–H and O–H groups in total. The van der Waals surface area contributed by atoms with Crippen LogP contribution in [0.2, 0.25) is 0 Å². The second-order valence-electron chi connectivity index (χ2n) is 3.51. The number of nitro groups is 1. The number of esters is 1. The molecule has 8 heteroatoms. The van der Waals surface area contributed by atoms with Crippen molar-refractivity contribution in [3.8, 4) is 5.75 Å². The van der Waals surface area contributed by atoms with E-state index in [9.17, 15) is 19.3 Å². The van der Waals surface area contributed by atoms with Gasteiger partial charge in [0.05, 0.1) is 37.3 Å². The Kier molecular flexibility index (Phi) is 5.04. The first-order valence-electron chi connectivity index (χ1n) is 5.32. The van der Waals surface area contributed by atoms with Crippen molar-refractivity contribution in [1.82, 2.24) is 0 Å². The Hall–Kier alpha value is -2.38. The summed E-state index contributed by atoms with van der Waals surface area (Å²) in [6.07, 6.45) is 0.0508. The third-order valence-corrected chi connectivity index (χ3v) is 2.34. The van der Waals surface area contributed by atoms with Crippen LogP contribution in [0.15, 0.2) is 12.1 Å². The summed E-state index contributed by atoms with van der Waals surface area (Å²) in [5.74, 6) is -1.30. The van der Waals surface area contributed by atoms with Crippen LogP contribution in [-0.2, 0) is 9.53 Å². The van der Waals surface area contributed by atoms with Crippen LogP contribution in [0.1, 0.15) is 6.42 Å². The monoisotopic (exact) mass is 272 g/mol. The van der Waals surface area contributed by atoms with Gasteiger partial charge < -0.3 is 14.8 Å². The van der Waals surface area contributed by atoms with Gasteiger partial charge >= 0.3 is 11.7 Å². The first-order valence-corrected chi connectivity index (χ1v) is 5.32. The number of carbonyl (C=O) groups excluding carboxylic acids is 1. The third kappa shape index (κ3) is 3.80. The number of anilines is 1. The van der Waals surface area contributed by atoms with Crippen molar-refractivity contribution in [2.45, 2.75) is 6.42 Å². The molecule has 7 nitrogen and oxygen atoms in total. The van der Waals surface area contributed by atoms with Gasteiger partial charge in [-0.15, -0.1) is 0 Å². The SMILES string of the molecule is COC(=O)CCNc1cc(OC)c([N+](=O)[O-])cc1F. The summed E-state index contributed by atoms with van der Waals surface area (Å²) in [7, 11) is 2.50. The molecule has 0 radical (unpaired) electrons. The molecule has 0 aliphatic rings. The van der Waals surface area contributed by atoms with E-state index in [1.54, 1.807) is 0 Å². The van der Waals surface area contributed by atoms with E-state index < -0.39 is 22.4 Å². The molecule has 0 heterocycles. The summed E-state index contributed by atoms with van der Waals surface area (Å²) < 4.78 is 22.8. The van der Waals surface area contributed by atoms with E-state index in [-0.39, 0.29) is 24.4 Å². The maximum Gasteiger partial charge on any atom is 0.313 e. The van der Waals surface area contributed by atoms with E-state index in [0.717, 1.165) is 6.07 Å². The van der Waals surface area contributed by atoms with Crippen LogP contribution >= 0.6 is 0 Å². The highest BCUT2D eigenvalue weighted by Crippen LogP contribution is 2.32. The number of hydrogen-bond acceptors (Lipinski definition) is 6. The maximum atomic E-state index is 13.6. The minimum atomic E-state index is -0.794. The summed E-state index contributed by atoms with van der Waals surface area (Å²) in [6.45, 7) is 0.143. The van der Waals surface area contributed by atoms with E-state index in [0.29, 0.717) is 0 Å². The van der Waals surface area contributed by atoms with Gasteiger partial charge in [0.2, 0.25) is 0 Å². The summed E-state index contributed by atoms with van der Waals surface area (Å²) in [5.41, 5.74) is -0.440. The Morgan fingerprint density at radius 1 is 1.47 bits per heavy atom. The van der Waals surface area contributed by atoms with Crippen molar-refractivity contribution in [2.24, 2.45) is 0 Å². The van der Waals surface area contributed by atoms with E-state index in [2.05, 4.69) is 10.1 Å². The van der Waals surface area contributed by atoms with Gasteiger partial charge in [-0.3, -0.25) is 14.9 Å². The van der Waals surface area contributed by atoms with Gasteiger partial charge in [-0.25, -0.2) is 4.39 Å². The molecular formula is C11H13FN2O5. The lowest BCUT2D eigenvalue weighted by molar-refractivity contribution is -0.385. The zero-order valence-corrected chi connectivity index (χ0v) is 10.4. The van der Waals surface area contributed by atoms with Crippen molar-refractivity contribution in [3.63, 3.8) is 0 Å². The minimum Gasteiger partial charge on any atom is -0.490 e. The predicted molar refractivity (Wildman–Crippen MR) is 64.7 cm³/mol. The molecular weight excluding hydrogens is 259 g/mol. The number of nitrogens with zero attached hydrogens (tertiary/aromatic N) is 1. The normalized spacial score (nSPS) is 9.84. The van der Waals surface area contributed by atoms with Gasteiger partial charge in [-0.2, -0.15) is 0 Å². The molecule has 104 valence electrons. The van der Waals surface area contributed by atoms with Gasteiger partial charge in [0.15, 0.2) is 11.6 Å². The average Bonchev–Trinajstić information content (AvgIpc) is 2.39. The minimum absolute atomic E-state index is 0.0198. The number of carbonyl (C=O) groups is 1. The Bertz CT molecular complexity index is 492. The van der Waals surface area contributed by atoms with Crippen LogP contribution in [0, 0.1) is 15.9 Å². The molecule has 0 bridgehead atoms. The predicted octanol–water partition coefficient (Wildman–Crippen LogP) is 1.72. The first-order chi connectivity index (χ1) is 8.99. The Morgan fingerprint density at radius 2 is 2.16 bits per heavy atom. The molecule has 0 spiro atoms. The lowest BCUT2D eigenvalue weighted by Gasteiger charge is -2.09. The van der Waals surface area contributed by atoms with E-state index in [1.807, 2.05) is 0 Å². The zero-order valence-electron chi connectivity index (χ0n) is 10.4. The summed E-state index contributed by atoms with van der Waals surface area (Å²) in [4.78, 5) is 20.8. The fourth-order valence-electron chi connectivity index (χ4n) is 1.39. The summed E-state index contributed by atoms with van der Waals surface area (Å²) in [6, 6.07) is 1.93. The second kappa shape index (κ2) is 6.53. The number of nitrogens with one attached hydrogen (secondary N) is 1. The number of hydrogen-bond donors (Lipinski definition) is 1. The van der Waals surface area contributed by atoms with Crippen molar-refractivity contribution in [1.29, 1.82) is 0 Å². The van der Waals surface area contributed by atoms with Crippen LogP contribution in [0.5, 0.6) is 5.75 Å². The maximum absolute atomic E-state index is 13.6. The first kappa shape index (κ1) is 14.7. The van der Waals surface area contributed by atoms with Crippen molar-refractivity contribution >= 4 is 17.3 Å². The molecule has 0 aliphatic heterocycles. The molecule has 19 heavy (non-hydrogen) atoms. The number of methoxy groups -OCH3 is 2. The van der Waals surface area contributed by atoms with Gasteiger partial charge in [0, 0.05) is 12.6 Å². The van der Waals surface area contributed by atoms with E-state index >= 15 is 0 Å². The smallest absolute Gasteiger partial charge is 0.313 e. The molecule has 1 aromatic rings. The van der Waals surface area contributed by atoms with Gasteiger partial charge in [0.25, 0.3) is 0 Å². The summed E-state index contributed by atoms with van der Waals surface area (Å²) in [5, 5.41) is 13.3. The molecule has 0 aliphatic carbocycles. The molecule has 0 aromatic heterocycles. The summed E-state index contributed by atoms with van der Waals surface area (Å²) >= 11 is 0. The van der Waals surface area contributed by atoms with Crippen molar-refractivity contribution in [3.05, 3.63) is 28.1 Å². The molecule has 0 atom stereocenters. The second-order valence-corrected chi connectivity index (χ2v) is 3.51. The Morgan fingerprint density at radius 3 is 2.68 bits per heavy atom. The molecule has 0 saturated carbocycles. The lowest BCUT2D eigenvalue weighted by atomic mass is 10.2. The van der Waals surface area contributed by atoms with Crippen LogP contribution in [0.4, 0.5) is 15.8 Å². The van der Waals surface area contributed by atoms with Crippen molar-refractivity contribution < 1.29 is 23.6 Å². The van der Waals surface area contributed by atoms with Gasteiger partial charge in [-0.05, 0) is 0 Å². The van der Waals surface area contributed by atoms with Gasteiger partial charge in [-0.1, -0.05) is 0 Å². The Labute approximate surface area is 108 Å². The number of rotatable bonds is 6. The lowest BCUT2D eigenvalue weighted by Crippen LogP contribution is -2.10. The molecule has 1 aromatic carbocycles. The fourth-order valence-corrected chi connectivity index (χ4v) is 1.39. The van der Waals surface area contributed by atoms with Crippen LogP contribution < -0.4 is 10.1 Å². The zero-order chi connectivity index (χ0) is 14.4. The molecule has 0 amide bonds. The topological polar surface area (TPSA) is 90.7 Å². The molecule has 0 saturated heterocycles. The average molecular weight is 272 g/mol. The van der Waals surface area contributed by atoms with E-state index in [4.69, 9.17) is 4.74 Å². The highest BCUT2D eigenvalue weighted by molar-refractivity contribution is 5.70. The van der Waals surface area contributed by atoms with Crippen LogP contribution in [0.3, 0.4) is 0 Å². The molecule has 0 unspecified atom stereocenters. The Balaban J connectivity index is 2.85. The van der Waals surface area contributed by atoms with E-state index in [1.165, 1.54) is 20.3 Å². The number of ether oxygens (including phenoxy) is 2. The fraction of sp³-hybridized carbons (Fsp3) is 0.364.